The van der Waals surface area contributed by atoms with Gasteiger partial charge < -0.3 is 0 Å². The fraction of sp³-hybridized carbons (Fsp3) is 0.185. The minimum absolute atomic E-state index is 0.210. The predicted octanol–water partition coefficient (Wildman–Crippen LogP) is 7.50. The second-order valence-corrected chi connectivity index (χ2v) is 8.03. The van der Waals surface area contributed by atoms with E-state index in [9.17, 15) is 17.6 Å². The largest absolute Gasteiger partial charge is 0.419 e. The SMILES string of the molecule is C=CCCc1cnc(-c2ccc3c(F)c(CCc4ccc(C(F)(F)F)c(F)c4)ccc3c2)nc1. The molecule has 1 heterocycles. The summed E-state index contributed by atoms with van der Waals surface area (Å²) in [5.41, 5.74) is 1.24. The van der Waals surface area contributed by atoms with Crippen molar-refractivity contribution in [2.75, 3.05) is 0 Å². The fourth-order valence-corrected chi connectivity index (χ4v) is 3.79. The first kappa shape index (κ1) is 23.5. The zero-order chi connectivity index (χ0) is 24.3. The molecule has 0 unspecified atom stereocenters. The molecule has 0 atom stereocenters. The minimum Gasteiger partial charge on any atom is -0.236 e. The van der Waals surface area contributed by atoms with Crippen LogP contribution in [0, 0.1) is 11.6 Å². The van der Waals surface area contributed by atoms with Crippen LogP contribution in [0.2, 0.25) is 0 Å². The molecule has 0 saturated heterocycles. The molecule has 1 aromatic heterocycles. The van der Waals surface area contributed by atoms with Crippen LogP contribution in [0.15, 0.2) is 73.6 Å². The maximum atomic E-state index is 15.1. The van der Waals surface area contributed by atoms with Gasteiger partial charge in [0.2, 0.25) is 0 Å². The first-order valence-corrected chi connectivity index (χ1v) is 10.7. The molecule has 0 aliphatic rings. The molecule has 174 valence electrons. The van der Waals surface area contributed by atoms with Crippen molar-refractivity contribution in [1.29, 1.82) is 0 Å². The Labute approximate surface area is 193 Å². The summed E-state index contributed by atoms with van der Waals surface area (Å²) in [7, 11) is 0. The Morgan fingerprint density at radius 1 is 0.824 bits per heavy atom. The third kappa shape index (κ3) is 5.14. The Hall–Kier alpha value is -3.61. The van der Waals surface area contributed by atoms with Crippen LogP contribution in [0.1, 0.15) is 28.7 Å². The van der Waals surface area contributed by atoms with Gasteiger partial charge in [0, 0.05) is 23.3 Å². The van der Waals surface area contributed by atoms with Crippen molar-refractivity contribution in [1.82, 2.24) is 9.97 Å². The zero-order valence-electron chi connectivity index (χ0n) is 18.2. The lowest BCUT2D eigenvalue weighted by Crippen LogP contribution is -2.08. The lowest BCUT2D eigenvalue weighted by atomic mass is 9.98. The fourth-order valence-electron chi connectivity index (χ4n) is 3.79. The predicted molar refractivity (Wildman–Crippen MR) is 122 cm³/mol. The number of alkyl halides is 3. The maximum Gasteiger partial charge on any atom is 0.419 e. The van der Waals surface area contributed by atoms with Gasteiger partial charge in [-0.15, -0.1) is 6.58 Å². The van der Waals surface area contributed by atoms with Crippen molar-refractivity contribution in [2.24, 2.45) is 0 Å². The van der Waals surface area contributed by atoms with Crippen molar-refractivity contribution in [3.63, 3.8) is 0 Å². The molecule has 0 aliphatic heterocycles. The molecule has 0 fully saturated rings. The first-order valence-electron chi connectivity index (χ1n) is 10.7. The second-order valence-electron chi connectivity index (χ2n) is 8.03. The molecular weight excluding hydrogens is 447 g/mol. The summed E-state index contributed by atoms with van der Waals surface area (Å²) in [6.45, 7) is 3.70. The van der Waals surface area contributed by atoms with Gasteiger partial charge in [-0.25, -0.2) is 18.7 Å². The molecule has 0 spiro atoms. The first-order chi connectivity index (χ1) is 16.3. The van der Waals surface area contributed by atoms with E-state index in [0.29, 0.717) is 27.7 Å². The molecule has 2 nitrogen and oxygen atoms in total. The second kappa shape index (κ2) is 9.71. The number of fused-ring (bicyclic) bond motifs is 1. The number of benzene rings is 3. The molecule has 0 N–H and O–H groups in total. The van der Waals surface area contributed by atoms with E-state index in [4.69, 9.17) is 0 Å². The summed E-state index contributed by atoms with van der Waals surface area (Å²) < 4.78 is 67.1. The van der Waals surface area contributed by atoms with Gasteiger partial charge in [-0.1, -0.05) is 36.4 Å². The number of aromatic nitrogens is 2. The maximum absolute atomic E-state index is 15.1. The van der Waals surface area contributed by atoms with Gasteiger partial charge in [0.15, 0.2) is 5.82 Å². The molecule has 4 rings (SSSR count). The average Bonchev–Trinajstić information content (AvgIpc) is 2.81. The Morgan fingerprint density at radius 3 is 2.26 bits per heavy atom. The molecule has 0 amide bonds. The van der Waals surface area contributed by atoms with E-state index in [1.165, 1.54) is 6.07 Å². The van der Waals surface area contributed by atoms with Gasteiger partial charge >= 0.3 is 6.18 Å². The quantitative estimate of drug-likeness (QED) is 0.207. The topological polar surface area (TPSA) is 25.8 Å². The molecule has 0 bridgehead atoms. The van der Waals surface area contributed by atoms with E-state index in [1.54, 1.807) is 36.7 Å². The van der Waals surface area contributed by atoms with Gasteiger partial charge in [0.05, 0.1) is 5.56 Å². The van der Waals surface area contributed by atoms with Crippen LogP contribution in [-0.2, 0) is 25.4 Å². The molecule has 0 radical (unpaired) electrons. The normalized spacial score (nSPS) is 11.7. The number of hydrogen-bond donors (Lipinski definition) is 0. The van der Waals surface area contributed by atoms with Crippen LogP contribution in [-0.4, -0.2) is 9.97 Å². The van der Waals surface area contributed by atoms with Crippen LogP contribution < -0.4 is 0 Å². The highest BCUT2D eigenvalue weighted by molar-refractivity contribution is 5.87. The lowest BCUT2D eigenvalue weighted by molar-refractivity contribution is -0.140. The minimum atomic E-state index is -4.75. The van der Waals surface area contributed by atoms with E-state index in [-0.39, 0.29) is 12.8 Å². The lowest BCUT2D eigenvalue weighted by Gasteiger charge is -2.11. The van der Waals surface area contributed by atoms with E-state index in [0.717, 1.165) is 36.1 Å². The van der Waals surface area contributed by atoms with E-state index >= 15 is 4.39 Å². The molecule has 34 heavy (non-hydrogen) atoms. The van der Waals surface area contributed by atoms with E-state index in [2.05, 4.69) is 16.5 Å². The van der Waals surface area contributed by atoms with Crippen LogP contribution in [0.5, 0.6) is 0 Å². The van der Waals surface area contributed by atoms with Crippen LogP contribution in [0.25, 0.3) is 22.2 Å². The van der Waals surface area contributed by atoms with Gasteiger partial charge in [0.25, 0.3) is 0 Å². The molecule has 7 heteroatoms. The third-order valence-electron chi connectivity index (χ3n) is 5.66. The van der Waals surface area contributed by atoms with Crippen molar-refractivity contribution >= 4 is 10.8 Å². The van der Waals surface area contributed by atoms with Crippen LogP contribution in [0.3, 0.4) is 0 Å². The highest BCUT2D eigenvalue weighted by Gasteiger charge is 2.33. The standard InChI is InChI=1S/C27H21F5N2/c1-2-3-4-18-15-33-26(34-16-18)21-10-11-22-20(14-21)9-8-19(25(22)29)7-5-17-6-12-23(24(28)13-17)27(30,31)32/h2,6,8-16H,1,3-5,7H2. The van der Waals surface area contributed by atoms with Crippen molar-refractivity contribution in [2.45, 2.75) is 31.9 Å². The van der Waals surface area contributed by atoms with Crippen molar-refractivity contribution < 1.29 is 22.0 Å². The summed E-state index contributed by atoms with van der Waals surface area (Å²) >= 11 is 0. The number of halogens is 5. The summed E-state index contributed by atoms with van der Waals surface area (Å²) in [5.74, 6) is -1.19. The number of allylic oxidation sites excluding steroid dienone is 1. The number of nitrogens with zero attached hydrogens (tertiary/aromatic N) is 2. The van der Waals surface area contributed by atoms with Crippen molar-refractivity contribution in [3.05, 3.63) is 107 Å². The third-order valence-corrected chi connectivity index (χ3v) is 5.66. The number of rotatable bonds is 7. The van der Waals surface area contributed by atoms with Crippen LogP contribution >= 0.6 is 0 Å². The Morgan fingerprint density at radius 2 is 1.59 bits per heavy atom. The summed E-state index contributed by atoms with van der Waals surface area (Å²) in [6, 6.07) is 11.4. The van der Waals surface area contributed by atoms with E-state index < -0.39 is 23.4 Å². The number of hydrogen-bond acceptors (Lipinski definition) is 2. The molecule has 3 aromatic carbocycles. The number of aryl methyl sites for hydroxylation is 3. The highest BCUT2D eigenvalue weighted by atomic mass is 19.4. The van der Waals surface area contributed by atoms with Gasteiger partial charge in [0.1, 0.15) is 11.6 Å². The average molecular weight is 468 g/mol. The van der Waals surface area contributed by atoms with Gasteiger partial charge in [-0.2, -0.15) is 13.2 Å². The Bertz CT molecular complexity index is 1330. The van der Waals surface area contributed by atoms with E-state index in [1.807, 2.05) is 12.1 Å². The molecule has 0 aliphatic carbocycles. The smallest absolute Gasteiger partial charge is 0.236 e. The van der Waals surface area contributed by atoms with Crippen LogP contribution in [0.4, 0.5) is 22.0 Å². The highest BCUT2D eigenvalue weighted by Crippen LogP contribution is 2.32. The molecule has 4 aromatic rings. The Kier molecular flexibility index (Phi) is 6.72. The zero-order valence-corrected chi connectivity index (χ0v) is 18.2. The van der Waals surface area contributed by atoms with Crippen molar-refractivity contribution in [3.8, 4) is 11.4 Å². The van der Waals surface area contributed by atoms with Gasteiger partial charge in [-0.3, -0.25) is 0 Å². The monoisotopic (exact) mass is 468 g/mol. The summed E-state index contributed by atoms with van der Waals surface area (Å²) in [6.07, 6.45) is 2.72. The summed E-state index contributed by atoms with van der Waals surface area (Å²) in [4.78, 5) is 8.80. The Balaban J connectivity index is 1.52. The molecule has 0 saturated carbocycles. The van der Waals surface area contributed by atoms with Gasteiger partial charge in [-0.05, 0) is 66.0 Å². The summed E-state index contributed by atoms with van der Waals surface area (Å²) in [5, 5.41) is 1.10. The molecular formula is C27H21F5N2.